The second kappa shape index (κ2) is 4.41. The first-order valence-corrected chi connectivity index (χ1v) is 10.5. The Morgan fingerprint density at radius 3 is 1.45 bits per heavy atom. The molecule has 0 spiro atoms. The zero-order chi connectivity index (χ0) is 14.8. The number of hydrogen-bond acceptors (Lipinski definition) is 2. The van der Waals surface area contributed by atoms with Gasteiger partial charge in [0.25, 0.3) is 0 Å². The van der Waals surface area contributed by atoms with Crippen LogP contribution >= 0.6 is 0 Å². The van der Waals surface area contributed by atoms with Crippen molar-refractivity contribution in [2.45, 2.75) is 0 Å². The summed E-state index contributed by atoms with van der Waals surface area (Å²) in [6, 6.07) is 11.8. The quantitative estimate of drug-likeness (QED) is 0.366. The van der Waals surface area contributed by atoms with Crippen LogP contribution < -0.4 is 0 Å². The van der Waals surface area contributed by atoms with Gasteiger partial charge in [-0.2, -0.15) is 0 Å². The Hall–Kier alpha value is -1.70. The fraction of sp³-hybridized carbons (Fsp3) is 0. The first kappa shape index (κ1) is 12.8. The fourth-order valence-electron chi connectivity index (χ4n) is 3.06. The molecule has 0 atom stereocenters. The van der Waals surface area contributed by atoms with Crippen LogP contribution in [0.2, 0.25) is 0 Å². The van der Waals surface area contributed by atoms with E-state index in [-0.39, 0.29) is 40.6 Å². The molecule has 4 heteroatoms. The van der Waals surface area contributed by atoms with Crippen molar-refractivity contribution in [3.05, 3.63) is 68.5 Å². The zero-order valence-electron chi connectivity index (χ0n) is 11.3. The van der Waals surface area contributed by atoms with Crippen LogP contribution in [0.4, 0.5) is 0 Å². The first-order valence-electron chi connectivity index (χ1n) is 6.84. The SMILES string of the molecule is O=C1c2cc3cc[se]c3cc2C(=O)c2cc3cc[se]c3cc21. The average molecular weight is 414 g/mol. The summed E-state index contributed by atoms with van der Waals surface area (Å²) in [4.78, 5) is 30.0. The Kier molecular flexibility index (Phi) is 2.56. The molecule has 0 N–H and O–H groups in total. The zero-order valence-corrected chi connectivity index (χ0v) is 14.7. The second-order valence-corrected chi connectivity index (χ2v) is 9.35. The number of benzene rings is 2. The van der Waals surface area contributed by atoms with Gasteiger partial charge in [-0.1, -0.05) is 0 Å². The van der Waals surface area contributed by atoms with E-state index in [2.05, 4.69) is 22.0 Å². The standard InChI is InChI=1S/C18H8O2Se2/c19-17-11-5-9-1-3-21-15(9)7-13(11)18(20)12-6-10-2-4-22-16(10)8-14(12)17/h1-8H. The molecule has 2 aromatic heterocycles. The maximum absolute atomic E-state index is 12.9. The van der Waals surface area contributed by atoms with Gasteiger partial charge in [-0.3, -0.25) is 0 Å². The van der Waals surface area contributed by atoms with Crippen molar-refractivity contribution in [2.24, 2.45) is 0 Å². The van der Waals surface area contributed by atoms with Gasteiger partial charge in [0.15, 0.2) is 0 Å². The molecule has 0 unspecified atom stereocenters. The predicted octanol–water partition coefficient (Wildman–Crippen LogP) is 2.88. The van der Waals surface area contributed by atoms with E-state index in [0.717, 1.165) is 10.8 Å². The molecule has 22 heavy (non-hydrogen) atoms. The first-order chi connectivity index (χ1) is 10.7. The molecule has 1 aliphatic rings. The van der Waals surface area contributed by atoms with Gasteiger partial charge in [0.2, 0.25) is 0 Å². The van der Waals surface area contributed by atoms with Gasteiger partial charge in [-0.05, 0) is 0 Å². The molecule has 4 aromatic rings. The summed E-state index contributed by atoms with van der Waals surface area (Å²) in [5.41, 5.74) is 2.29. The van der Waals surface area contributed by atoms with E-state index in [0.29, 0.717) is 22.3 Å². The molecule has 5 rings (SSSR count). The van der Waals surface area contributed by atoms with Gasteiger partial charge in [-0.15, -0.1) is 0 Å². The number of carbonyl (C=O) groups excluding carboxylic acids is 2. The van der Waals surface area contributed by atoms with Crippen molar-refractivity contribution in [3.8, 4) is 0 Å². The Bertz CT molecular complexity index is 945. The average Bonchev–Trinajstić information content (AvgIpc) is 3.17. The summed E-state index contributed by atoms with van der Waals surface area (Å²) in [6.45, 7) is 0. The predicted molar refractivity (Wildman–Crippen MR) is 88.6 cm³/mol. The van der Waals surface area contributed by atoms with Crippen LogP contribution in [0.3, 0.4) is 0 Å². The van der Waals surface area contributed by atoms with Gasteiger partial charge in [0.1, 0.15) is 0 Å². The Morgan fingerprint density at radius 2 is 1.00 bits per heavy atom. The third-order valence-electron chi connectivity index (χ3n) is 4.16. The summed E-state index contributed by atoms with van der Waals surface area (Å²) >= 11 is 0.550. The summed E-state index contributed by atoms with van der Waals surface area (Å²) < 4.78 is 2.39. The topological polar surface area (TPSA) is 34.1 Å². The van der Waals surface area contributed by atoms with Crippen LogP contribution in [0.1, 0.15) is 31.8 Å². The summed E-state index contributed by atoms with van der Waals surface area (Å²) in [5, 5.41) is 2.19. The van der Waals surface area contributed by atoms with Crippen molar-refractivity contribution in [1.29, 1.82) is 0 Å². The van der Waals surface area contributed by atoms with Crippen LogP contribution in [0, 0.1) is 0 Å². The molecule has 0 radical (unpaired) electrons. The molecular formula is C18H8O2Se2. The number of rotatable bonds is 0. The van der Waals surface area contributed by atoms with Crippen LogP contribution in [-0.2, 0) is 0 Å². The van der Waals surface area contributed by atoms with E-state index in [1.807, 2.05) is 24.3 Å². The van der Waals surface area contributed by atoms with Gasteiger partial charge in [0.05, 0.1) is 0 Å². The number of ketones is 2. The second-order valence-electron chi connectivity index (χ2n) is 5.37. The minimum atomic E-state index is -0.00861. The van der Waals surface area contributed by atoms with Gasteiger partial charge < -0.3 is 0 Å². The Balaban J connectivity index is 1.87. The van der Waals surface area contributed by atoms with E-state index in [4.69, 9.17) is 0 Å². The molecule has 0 aliphatic heterocycles. The van der Waals surface area contributed by atoms with Crippen molar-refractivity contribution < 1.29 is 9.59 Å². The third-order valence-corrected chi connectivity index (χ3v) is 7.85. The number of hydrogen-bond donors (Lipinski definition) is 0. The molecule has 2 aromatic carbocycles. The van der Waals surface area contributed by atoms with Gasteiger partial charge >= 0.3 is 138 Å². The summed E-state index contributed by atoms with van der Waals surface area (Å²) in [6.07, 6.45) is 0. The molecular weight excluding hydrogens is 406 g/mol. The molecule has 0 saturated heterocycles. The Labute approximate surface area is 137 Å². The minimum absolute atomic E-state index is 0.00861. The van der Waals surface area contributed by atoms with E-state index >= 15 is 0 Å². The molecule has 0 fully saturated rings. The molecule has 2 heterocycles. The number of fused-ring (bicyclic) bond motifs is 4. The van der Waals surface area contributed by atoms with E-state index in [9.17, 15) is 9.59 Å². The Morgan fingerprint density at radius 1 is 0.591 bits per heavy atom. The molecule has 2 nitrogen and oxygen atoms in total. The molecule has 0 saturated carbocycles. The van der Waals surface area contributed by atoms with Gasteiger partial charge in [-0.25, -0.2) is 0 Å². The monoisotopic (exact) mass is 416 g/mol. The van der Waals surface area contributed by atoms with Crippen molar-refractivity contribution >= 4 is 59.9 Å². The molecule has 1 aliphatic carbocycles. The van der Waals surface area contributed by atoms with E-state index in [1.165, 1.54) is 8.52 Å². The fourth-order valence-corrected chi connectivity index (χ4v) is 6.46. The summed E-state index contributed by atoms with van der Waals surface area (Å²) in [5.74, 6) is -0.0172. The van der Waals surface area contributed by atoms with Crippen LogP contribution in [0.25, 0.3) is 19.3 Å². The maximum atomic E-state index is 12.9. The van der Waals surface area contributed by atoms with E-state index in [1.54, 1.807) is 0 Å². The molecule has 104 valence electrons. The van der Waals surface area contributed by atoms with Crippen LogP contribution in [-0.4, -0.2) is 40.6 Å². The molecule has 0 amide bonds. The molecule has 0 bridgehead atoms. The third kappa shape index (κ3) is 1.61. The van der Waals surface area contributed by atoms with Gasteiger partial charge in [0, 0.05) is 0 Å². The van der Waals surface area contributed by atoms with Crippen molar-refractivity contribution in [1.82, 2.24) is 0 Å². The van der Waals surface area contributed by atoms with Crippen molar-refractivity contribution in [2.75, 3.05) is 0 Å². The normalized spacial score (nSPS) is 13.6. The van der Waals surface area contributed by atoms with Crippen LogP contribution in [0.15, 0.2) is 46.3 Å². The summed E-state index contributed by atoms with van der Waals surface area (Å²) in [7, 11) is 0. The number of carbonyl (C=O) groups is 2. The van der Waals surface area contributed by atoms with E-state index < -0.39 is 0 Å². The van der Waals surface area contributed by atoms with Crippen LogP contribution in [0.5, 0.6) is 0 Å². The van der Waals surface area contributed by atoms with Crippen molar-refractivity contribution in [3.63, 3.8) is 0 Å².